The van der Waals surface area contributed by atoms with Gasteiger partial charge in [-0.2, -0.15) is 0 Å². The molecule has 1 heterocycles. The Hall–Kier alpha value is -3.84. The zero-order valence-electron chi connectivity index (χ0n) is 17.3. The van der Waals surface area contributed by atoms with Gasteiger partial charge in [0.15, 0.2) is 6.61 Å². The molecule has 3 aromatic rings. The normalized spacial score (nSPS) is 12.4. The third kappa shape index (κ3) is 4.73. The molecule has 1 N–H and O–H groups in total. The van der Waals surface area contributed by atoms with Gasteiger partial charge >= 0.3 is 5.97 Å². The molecule has 0 saturated carbocycles. The monoisotopic (exact) mass is 444 g/mol. The third-order valence-electron chi connectivity index (χ3n) is 4.65. The standard InChI is InChI=1S/C25H20N2O4S/c1-17(28)26-19(15-18-9-3-2-4-10-18)25(30)31-16-24(29)27-20-11-5-7-13-22(20)32-23-14-8-6-12-21(23)27/h2-15H,16H2,1H3,(H,26,28)/b19-15-. The summed E-state index contributed by atoms with van der Waals surface area (Å²) in [7, 11) is 0. The van der Waals surface area contributed by atoms with Crippen molar-refractivity contribution in [2.45, 2.75) is 16.7 Å². The molecule has 0 saturated heterocycles. The van der Waals surface area contributed by atoms with Crippen LogP contribution in [0.2, 0.25) is 0 Å². The molecule has 160 valence electrons. The Balaban J connectivity index is 1.55. The van der Waals surface area contributed by atoms with Crippen LogP contribution in [0, 0.1) is 0 Å². The van der Waals surface area contributed by atoms with E-state index in [0.29, 0.717) is 0 Å². The summed E-state index contributed by atoms with van der Waals surface area (Å²) >= 11 is 1.58. The molecular formula is C25H20N2O4S. The van der Waals surface area contributed by atoms with Gasteiger partial charge in [0.2, 0.25) is 5.91 Å². The molecule has 0 aromatic heterocycles. The molecule has 6 nitrogen and oxygen atoms in total. The maximum Gasteiger partial charge on any atom is 0.355 e. The van der Waals surface area contributed by atoms with Crippen LogP contribution in [0.15, 0.2) is 94.4 Å². The van der Waals surface area contributed by atoms with Crippen LogP contribution in [-0.4, -0.2) is 24.4 Å². The van der Waals surface area contributed by atoms with E-state index in [9.17, 15) is 14.4 Å². The van der Waals surface area contributed by atoms with Crippen molar-refractivity contribution < 1.29 is 19.1 Å². The Kier molecular flexibility index (Phi) is 6.37. The van der Waals surface area contributed by atoms with Crippen molar-refractivity contribution in [1.82, 2.24) is 5.32 Å². The van der Waals surface area contributed by atoms with Crippen LogP contribution >= 0.6 is 11.8 Å². The van der Waals surface area contributed by atoms with Crippen molar-refractivity contribution >= 4 is 47.0 Å². The number of fused-ring (bicyclic) bond motifs is 2. The zero-order chi connectivity index (χ0) is 22.5. The largest absolute Gasteiger partial charge is 0.451 e. The lowest BCUT2D eigenvalue weighted by atomic mass is 10.2. The average molecular weight is 445 g/mol. The fraction of sp³-hybridized carbons (Fsp3) is 0.0800. The Labute approximate surface area is 189 Å². The predicted molar refractivity (Wildman–Crippen MR) is 123 cm³/mol. The number of hydrogen-bond acceptors (Lipinski definition) is 5. The number of amides is 2. The number of carbonyl (C=O) groups is 3. The van der Waals surface area contributed by atoms with Gasteiger partial charge < -0.3 is 10.1 Å². The molecule has 3 aromatic carbocycles. The molecule has 2 amide bonds. The minimum atomic E-state index is -0.787. The number of carbonyl (C=O) groups excluding carboxylic acids is 3. The second kappa shape index (κ2) is 9.53. The summed E-state index contributed by atoms with van der Waals surface area (Å²) in [6.07, 6.45) is 1.51. The van der Waals surface area contributed by atoms with E-state index in [0.717, 1.165) is 26.7 Å². The maximum atomic E-state index is 13.2. The number of para-hydroxylation sites is 2. The highest BCUT2D eigenvalue weighted by molar-refractivity contribution is 7.99. The van der Waals surface area contributed by atoms with Gasteiger partial charge in [-0.3, -0.25) is 14.5 Å². The van der Waals surface area contributed by atoms with Crippen LogP contribution in [0.4, 0.5) is 11.4 Å². The van der Waals surface area contributed by atoms with Crippen molar-refractivity contribution in [2.24, 2.45) is 0 Å². The second-order valence-corrected chi connectivity index (χ2v) is 8.08. The smallest absolute Gasteiger partial charge is 0.355 e. The summed E-state index contributed by atoms with van der Waals surface area (Å²) in [6, 6.07) is 24.2. The van der Waals surface area contributed by atoms with E-state index in [1.807, 2.05) is 66.7 Å². The van der Waals surface area contributed by atoms with Crippen LogP contribution < -0.4 is 10.2 Å². The van der Waals surface area contributed by atoms with Crippen molar-refractivity contribution in [1.29, 1.82) is 0 Å². The first-order valence-corrected chi connectivity index (χ1v) is 10.7. The SMILES string of the molecule is CC(=O)N/C(=C\c1ccccc1)C(=O)OCC(=O)N1c2ccccc2Sc2ccccc21. The Morgan fingerprint density at radius 3 is 2.03 bits per heavy atom. The highest BCUT2D eigenvalue weighted by atomic mass is 32.2. The minimum Gasteiger partial charge on any atom is -0.451 e. The van der Waals surface area contributed by atoms with E-state index in [2.05, 4.69) is 5.32 Å². The molecular weight excluding hydrogens is 424 g/mol. The Morgan fingerprint density at radius 1 is 0.875 bits per heavy atom. The van der Waals surface area contributed by atoms with Gasteiger partial charge in [0.05, 0.1) is 11.4 Å². The number of hydrogen-bond donors (Lipinski definition) is 1. The van der Waals surface area contributed by atoms with E-state index in [1.165, 1.54) is 13.0 Å². The lowest BCUT2D eigenvalue weighted by Gasteiger charge is -2.30. The van der Waals surface area contributed by atoms with Gasteiger partial charge in [-0.15, -0.1) is 0 Å². The summed E-state index contributed by atoms with van der Waals surface area (Å²) in [4.78, 5) is 40.9. The van der Waals surface area contributed by atoms with Crippen LogP contribution in [-0.2, 0) is 19.1 Å². The average Bonchev–Trinajstić information content (AvgIpc) is 2.80. The lowest BCUT2D eigenvalue weighted by Crippen LogP contribution is -2.34. The van der Waals surface area contributed by atoms with Crippen LogP contribution in [0.3, 0.4) is 0 Å². The maximum absolute atomic E-state index is 13.2. The first-order chi connectivity index (χ1) is 15.5. The highest BCUT2D eigenvalue weighted by Crippen LogP contribution is 2.47. The molecule has 0 atom stereocenters. The summed E-state index contributed by atoms with van der Waals surface area (Å²) in [5, 5.41) is 2.48. The number of ether oxygens (including phenoxy) is 1. The topological polar surface area (TPSA) is 75.7 Å². The summed E-state index contributed by atoms with van der Waals surface area (Å²) < 4.78 is 5.30. The summed E-state index contributed by atoms with van der Waals surface area (Å²) in [6.45, 7) is 0.828. The van der Waals surface area contributed by atoms with E-state index in [1.54, 1.807) is 28.8 Å². The molecule has 0 aliphatic carbocycles. The second-order valence-electron chi connectivity index (χ2n) is 6.99. The van der Waals surface area contributed by atoms with Crippen molar-refractivity contribution in [2.75, 3.05) is 11.5 Å². The third-order valence-corrected chi connectivity index (χ3v) is 5.78. The molecule has 0 radical (unpaired) electrons. The van der Waals surface area contributed by atoms with Crippen LogP contribution in [0.1, 0.15) is 12.5 Å². The lowest BCUT2D eigenvalue weighted by molar-refractivity contribution is -0.144. The van der Waals surface area contributed by atoms with Crippen LogP contribution in [0.5, 0.6) is 0 Å². The number of anilines is 2. The quantitative estimate of drug-likeness (QED) is 0.462. The van der Waals surface area contributed by atoms with Crippen LogP contribution in [0.25, 0.3) is 6.08 Å². The van der Waals surface area contributed by atoms with Gasteiger partial charge in [0.1, 0.15) is 5.70 Å². The number of esters is 1. The van der Waals surface area contributed by atoms with Gasteiger partial charge in [0, 0.05) is 16.7 Å². The fourth-order valence-corrected chi connectivity index (χ4v) is 4.35. The number of nitrogens with zero attached hydrogens (tertiary/aromatic N) is 1. The molecule has 32 heavy (non-hydrogen) atoms. The van der Waals surface area contributed by atoms with Gasteiger partial charge in [0.25, 0.3) is 5.91 Å². The first kappa shape index (κ1) is 21.4. The van der Waals surface area contributed by atoms with Crippen molar-refractivity contribution in [3.8, 4) is 0 Å². The van der Waals surface area contributed by atoms with E-state index in [-0.39, 0.29) is 11.6 Å². The molecule has 0 unspecified atom stereocenters. The summed E-state index contributed by atoms with van der Waals surface area (Å²) in [5.74, 6) is -1.59. The zero-order valence-corrected chi connectivity index (χ0v) is 18.1. The molecule has 0 bridgehead atoms. The van der Waals surface area contributed by atoms with E-state index < -0.39 is 18.5 Å². The van der Waals surface area contributed by atoms with Crippen molar-refractivity contribution in [3.05, 3.63) is 90.1 Å². The molecule has 7 heteroatoms. The minimum absolute atomic E-state index is 0.0356. The number of rotatable bonds is 5. The Bertz CT molecular complexity index is 1160. The molecule has 4 rings (SSSR count). The predicted octanol–water partition coefficient (Wildman–Crippen LogP) is 4.54. The molecule has 0 fully saturated rings. The van der Waals surface area contributed by atoms with Gasteiger partial charge in [-0.05, 0) is 35.9 Å². The van der Waals surface area contributed by atoms with Crippen molar-refractivity contribution in [3.63, 3.8) is 0 Å². The molecule has 1 aliphatic rings. The molecule has 0 spiro atoms. The van der Waals surface area contributed by atoms with E-state index in [4.69, 9.17) is 4.74 Å². The molecule has 1 aliphatic heterocycles. The summed E-state index contributed by atoms with van der Waals surface area (Å²) in [5.41, 5.74) is 2.15. The van der Waals surface area contributed by atoms with Gasteiger partial charge in [-0.25, -0.2) is 4.79 Å². The highest BCUT2D eigenvalue weighted by Gasteiger charge is 2.28. The van der Waals surface area contributed by atoms with Gasteiger partial charge in [-0.1, -0.05) is 66.4 Å². The Morgan fingerprint density at radius 2 is 1.44 bits per heavy atom. The number of benzene rings is 3. The number of nitrogens with one attached hydrogen (secondary N) is 1. The fourth-order valence-electron chi connectivity index (χ4n) is 3.29. The van der Waals surface area contributed by atoms with E-state index >= 15 is 0 Å². The first-order valence-electron chi connectivity index (χ1n) is 9.93.